The van der Waals surface area contributed by atoms with E-state index in [1.807, 2.05) is 39.1 Å². The van der Waals surface area contributed by atoms with Gasteiger partial charge in [-0.25, -0.2) is 10.4 Å². The maximum Gasteiger partial charge on any atom is 0.283 e. The first kappa shape index (κ1) is 12.5. The van der Waals surface area contributed by atoms with Gasteiger partial charge in [-0.15, -0.1) is 11.3 Å². The Kier molecular flexibility index (Phi) is 3.57. The number of nitrogens with zero attached hydrogens (tertiary/aromatic N) is 2. The second-order valence-corrected chi connectivity index (χ2v) is 5.07. The lowest BCUT2D eigenvalue weighted by atomic mass is 10.3. The summed E-state index contributed by atoms with van der Waals surface area (Å²) >= 11 is 1.37. The molecule has 0 spiro atoms. The molecule has 1 amide bonds. The maximum absolute atomic E-state index is 11.9. The molecule has 2 N–H and O–H groups in total. The van der Waals surface area contributed by atoms with Crippen LogP contribution in [0.15, 0.2) is 23.4 Å². The fraction of sp³-hybridized carbons (Fsp3) is 0.250. The normalized spacial score (nSPS) is 11.6. The molecule has 2 rings (SSSR count). The van der Waals surface area contributed by atoms with Gasteiger partial charge < -0.3 is 4.98 Å². The van der Waals surface area contributed by atoms with Crippen LogP contribution in [-0.4, -0.2) is 21.6 Å². The predicted octanol–water partition coefficient (Wildman–Crippen LogP) is 2.24. The zero-order valence-corrected chi connectivity index (χ0v) is 11.3. The van der Waals surface area contributed by atoms with Gasteiger partial charge in [0.25, 0.3) is 5.91 Å². The van der Waals surface area contributed by atoms with Crippen molar-refractivity contribution in [3.63, 3.8) is 0 Å². The zero-order chi connectivity index (χ0) is 13.1. The number of carbonyl (C=O) groups excluding carboxylic acids is 1. The Morgan fingerprint density at radius 1 is 1.50 bits per heavy atom. The molecule has 0 bridgehead atoms. The number of rotatable bonds is 3. The van der Waals surface area contributed by atoms with Crippen LogP contribution in [0.1, 0.15) is 33.0 Å². The number of thiazole rings is 1. The Bertz CT molecular complexity index is 583. The van der Waals surface area contributed by atoms with Crippen molar-refractivity contribution >= 4 is 23.0 Å². The molecule has 94 valence electrons. The highest BCUT2D eigenvalue weighted by Crippen LogP contribution is 2.16. The van der Waals surface area contributed by atoms with Crippen LogP contribution in [0, 0.1) is 13.8 Å². The Balaban J connectivity index is 2.09. The van der Waals surface area contributed by atoms with Gasteiger partial charge in [0.15, 0.2) is 0 Å². The molecule has 0 aliphatic heterocycles. The van der Waals surface area contributed by atoms with Gasteiger partial charge in [0.05, 0.1) is 22.1 Å². The van der Waals surface area contributed by atoms with Gasteiger partial charge in [-0.2, -0.15) is 5.10 Å². The van der Waals surface area contributed by atoms with Crippen molar-refractivity contribution in [3.05, 3.63) is 39.6 Å². The summed E-state index contributed by atoms with van der Waals surface area (Å²) in [4.78, 5) is 19.7. The van der Waals surface area contributed by atoms with Crippen LogP contribution in [0.4, 0.5) is 0 Å². The van der Waals surface area contributed by atoms with E-state index in [-0.39, 0.29) is 5.91 Å². The number of hydrogen-bond donors (Lipinski definition) is 2. The number of hydrogen-bond acceptors (Lipinski definition) is 4. The van der Waals surface area contributed by atoms with Gasteiger partial charge in [0, 0.05) is 6.20 Å². The van der Waals surface area contributed by atoms with E-state index < -0.39 is 0 Å². The Morgan fingerprint density at radius 2 is 2.28 bits per heavy atom. The van der Waals surface area contributed by atoms with Crippen molar-refractivity contribution in [2.45, 2.75) is 20.8 Å². The fourth-order valence-corrected chi connectivity index (χ4v) is 2.35. The Labute approximate surface area is 109 Å². The van der Waals surface area contributed by atoms with E-state index in [0.717, 1.165) is 22.1 Å². The molecule has 0 saturated carbocycles. The molecule has 2 aromatic heterocycles. The molecule has 2 heterocycles. The Hall–Kier alpha value is -1.95. The van der Waals surface area contributed by atoms with Crippen molar-refractivity contribution in [1.29, 1.82) is 0 Å². The summed E-state index contributed by atoms with van der Waals surface area (Å²) < 4.78 is 0. The zero-order valence-electron chi connectivity index (χ0n) is 10.4. The third-order valence-corrected chi connectivity index (χ3v) is 3.49. The minimum absolute atomic E-state index is 0.219. The van der Waals surface area contributed by atoms with Crippen LogP contribution < -0.4 is 5.43 Å². The minimum Gasteiger partial charge on any atom is -0.360 e. The Morgan fingerprint density at radius 3 is 2.83 bits per heavy atom. The molecule has 0 aliphatic carbocycles. The third-order valence-electron chi connectivity index (χ3n) is 2.42. The van der Waals surface area contributed by atoms with Crippen LogP contribution in [-0.2, 0) is 0 Å². The molecular weight excluding hydrogens is 248 g/mol. The lowest BCUT2D eigenvalue weighted by Gasteiger charge is -2.00. The second-order valence-electron chi connectivity index (χ2n) is 3.87. The molecular formula is C12H14N4OS. The quantitative estimate of drug-likeness (QED) is 0.658. The van der Waals surface area contributed by atoms with Crippen molar-refractivity contribution in [2.24, 2.45) is 5.10 Å². The van der Waals surface area contributed by atoms with Crippen LogP contribution in [0.3, 0.4) is 0 Å². The van der Waals surface area contributed by atoms with E-state index in [4.69, 9.17) is 0 Å². The van der Waals surface area contributed by atoms with Crippen molar-refractivity contribution < 1.29 is 4.79 Å². The van der Waals surface area contributed by atoms with Gasteiger partial charge in [-0.1, -0.05) is 0 Å². The first-order valence-electron chi connectivity index (χ1n) is 5.50. The van der Waals surface area contributed by atoms with E-state index in [2.05, 4.69) is 20.5 Å². The average Bonchev–Trinajstić information content (AvgIpc) is 2.95. The fourth-order valence-electron chi connectivity index (χ4n) is 1.54. The monoisotopic (exact) mass is 262 g/mol. The molecule has 0 aromatic carbocycles. The van der Waals surface area contributed by atoms with E-state index in [9.17, 15) is 4.79 Å². The van der Waals surface area contributed by atoms with Crippen molar-refractivity contribution in [1.82, 2.24) is 15.4 Å². The van der Waals surface area contributed by atoms with Gasteiger partial charge >= 0.3 is 0 Å². The summed E-state index contributed by atoms with van der Waals surface area (Å²) in [6.07, 6.45) is 1.81. The molecule has 0 fully saturated rings. The highest BCUT2D eigenvalue weighted by molar-refractivity contribution is 7.13. The van der Waals surface area contributed by atoms with E-state index in [1.54, 1.807) is 0 Å². The lowest BCUT2D eigenvalue weighted by molar-refractivity contribution is 0.0958. The van der Waals surface area contributed by atoms with Crippen molar-refractivity contribution in [2.75, 3.05) is 0 Å². The molecule has 6 heteroatoms. The summed E-state index contributed by atoms with van der Waals surface area (Å²) in [5, 5.41) is 4.94. The number of aromatic nitrogens is 2. The van der Waals surface area contributed by atoms with E-state index >= 15 is 0 Å². The molecule has 0 atom stereocenters. The third kappa shape index (κ3) is 2.65. The molecule has 5 nitrogen and oxygen atoms in total. The highest BCUT2D eigenvalue weighted by atomic mass is 32.1. The number of aryl methyl sites for hydroxylation is 2. The first-order chi connectivity index (χ1) is 8.58. The molecule has 2 aromatic rings. The standard InChI is InChI=1S/C12H14N4OS/c1-7(10-5-4-6-13-10)15-16-12(17)11-8(2)14-9(3)18-11/h4-6,13H,1-3H3,(H,16,17)/b15-7+. The van der Waals surface area contributed by atoms with Gasteiger partial charge in [0.1, 0.15) is 4.88 Å². The summed E-state index contributed by atoms with van der Waals surface area (Å²) in [5.41, 5.74) is 4.89. The number of aromatic amines is 1. The smallest absolute Gasteiger partial charge is 0.283 e. The number of hydrazone groups is 1. The highest BCUT2D eigenvalue weighted by Gasteiger charge is 2.13. The van der Waals surface area contributed by atoms with Gasteiger partial charge in [-0.05, 0) is 32.9 Å². The molecule has 0 aliphatic rings. The number of carbonyl (C=O) groups is 1. The first-order valence-corrected chi connectivity index (χ1v) is 6.32. The van der Waals surface area contributed by atoms with Gasteiger partial charge in [0.2, 0.25) is 0 Å². The van der Waals surface area contributed by atoms with Gasteiger partial charge in [-0.3, -0.25) is 4.79 Å². The number of amides is 1. The van der Waals surface area contributed by atoms with Crippen molar-refractivity contribution in [3.8, 4) is 0 Å². The molecule has 0 saturated heterocycles. The summed E-state index contributed by atoms with van der Waals surface area (Å²) in [6, 6.07) is 3.78. The SMILES string of the molecule is C/C(=N\NC(=O)c1sc(C)nc1C)c1ccc[nH]1. The van der Waals surface area contributed by atoms with Crippen LogP contribution >= 0.6 is 11.3 Å². The summed E-state index contributed by atoms with van der Waals surface area (Å²) in [6.45, 7) is 5.53. The molecule has 0 radical (unpaired) electrons. The second kappa shape index (κ2) is 5.14. The van der Waals surface area contributed by atoms with E-state index in [1.165, 1.54) is 11.3 Å². The molecule has 0 unspecified atom stereocenters. The lowest BCUT2D eigenvalue weighted by Crippen LogP contribution is -2.19. The topological polar surface area (TPSA) is 70.1 Å². The summed E-state index contributed by atoms with van der Waals surface area (Å²) in [5.74, 6) is -0.219. The molecule has 18 heavy (non-hydrogen) atoms. The van der Waals surface area contributed by atoms with E-state index in [0.29, 0.717) is 4.88 Å². The van der Waals surface area contributed by atoms with Crippen LogP contribution in [0.5, 0.6) is 0 Å². The van der Waals surface area contributed by atoms with Crippen LogP contribution in [0.2, 0.25) is 0 Å². The predicted molar refractivity (Wildman–Crippen MR) is 72.1 cm³/mol. The maximum atomic E-state index is 11.9. The minimum atomic E-state index is -0.219. The van der Waals surface area contributed by atoms with Crippen LogP contribution in [0.25, 0.3) is 0 Å². The average molecular weight is 262 g/mol. The summed E-state index contributed by atoms with van der Waals surface area (Å²) in [7, 11) is 0. The number of nitrogens with one attached hydrogen (secondary N) is 2. The number of H-pyrrole nitrogens is 1. The largest absolute Gasteiger partial charge is 0.360 e.